The molecule has 2 saturated heterocycles. The maximum atomic E-state index is 14.2. The smallest absolute Gasteiger partial charge is 0.434 e. The molecule has 2 aromatic carbocycles. The van der Waals surface area contributed by atoms with E-state index in [4.69, 9.17) is 16.3 Å². The zero-order valence-corrected chi connectivity index (χ0v) is 22.6. The molecule has 2 fully saturated rings. The molecule has 2 atom stereocenters. The van der Waals surface area contributed by atoms with E-state index in [1.165, 1.54) is 13.2 Å². The average Bonchev–Trinajstić information content (AvgIpc) is 3.61. The van der Waals surface area contributed by atoms with Crippen LogP contribution < -0.4 is 10.1 Å². The number of hydrogen-bond acceptors (Lipinski definition) is 5. The molecule has 2 aliphatic heterocycles. The zero-order valence-electron chi connectivity index (χ0n) is 21.8. The Morgan fingerprint density at radius 1 is 1.13 bits per heavy atom. The number of amides is 1. The number of alkyl halides is 3. The molecule has 0 aliphatic carbocycles. The maximum Gasteiger partial charge on any atom is 0.434 e. The van der Waals surface area contributed by atoms with Crippen molar-refractivity contribution >= 4 is 23.2 Å². The van der Waals surface area contributed by atoms with Crippen LogP contribution in [-0.2, 0) is 6.18 Å². The molecule has 208 valence electrons. The number of nitrogens with one attached hydrogen (secondary N) is 1. The Morgan fingerprint density at radius 3 is 2.51 bits per heavy atom. The van der Waals surface area contributed by atoms with Crippen LogP contribution in [-0.4, -0.2) is 71.9 Å². The van der Waals surface area contributed by atoms with Crippen molar-refractivity contribution in [3.05, 3.63) is 70.5 Å². The molecule has 5 rings (SSSR count). The summed E-state index contributed by atoms with van der Waals surface area (Å²) >= 11 is 6.19. The summed E-state index contributed by atoms with van der Waals surface area (Å²) < 4.78 is 48.6. The van der Waals surface area contributed by atoms with E-state index in [0.717, 1.165) is 59.8 Å². The first-order valence-corrected chi connectivity index (χ1v) is 13.3. The molecule has 39 heavy (non-hydrogen) atoms. The monoisotopic (exact) mass is 561 g/mol. The van der Waals surface area contributed by atoms with Gasteiger partial charge in [-0.05, 0) is 61.6 Å². The number of rotatable bonds is 8. The molecule has 1 amide bonds. The number of ether oxygens (including phenoxy) is 1. The van der Waals surface area contributed by atoms with E-state index in [9.17, 15) is 18.0 Å². The van der Waals surface area contributed by atoms with Gasteiger partial charge in [-0.3, -0.25) is 4.79 Å². The molecule has 2 unspecified atom stereocenters. The first-order chi connectivity index (χ1) is 18.7. The lowest BCUT2D eigenvalue weighted by Crippen LogP contribution is -2.34. The molecule has 1 aromatic heterocycles. The molecule has 11 heteroatoms. The highest BCUT2D eigenvalue weighted by Gasteiger charge is 2.45. The van der Waals surface area contributed by atoms with E-state index < -0.39 is 23.3 Å². The van der Waals surface area contributed by atoms with Gasteiger partial charge in [-0.1, -0.05) is 29.8 Å². The van der Waals surface area contributed by atoms with Gasteiger partial charge in [0.25, 0.3) is 5.91 Å². The van der Waals surface area contributed by atoms with E-state index in [1.54, 1.807) is 23.1 Å². The third-order valence-electron chi connectivity index (χ3n) is 7.58. The van der Waals surface area contributed by atoms with Gasteiger partial charge in [-0.15, -0.1) is 0 Å². The van der Waals surface area contributed by atoms with Crippen LogP contribution in [0.4, 0.5) is 18.9 Å². The third-order valence-corrected chi connectivity index (χ3v) is 7.99. The van der Waals surface area contributed by atoms with Crippen molar-refractivity contribution in [1.82, 2.24) is 19.6 Å². The molecule has 2 aliphatic rings. The van der Waals surface area contributed by atoms with Crippen molar-refractivity contribution in [3.8, 4) is 11.4 Å². The second kappa shape index (κ2) is 11.1. The second-order valence-corrected chi connectivity index (χ2v) is 10.6. The number of carbonyl (C=O) groups is 1. The van der Waals surface area contributed by atoms with Gasteiger partial charge in [0.2, 0.25) is 0 Å². The first-order valence-electron chi connectivity index (χ1n) is 13.0. The van der Waals surface area contributed by atoms with Crippen LogP contribution in [0.1, 0.15) is 28.0 Å². The second-order valence-electron chi connectivity index (χ2n) is 10.2. The molecule has 0 saturated carbocycles. The third kappa shape index (κ3) is 5.72. The lowest BCUT2D eigenvalue weighted by atomic mass is 10.0. The molecule has 3 heterocycles. The summed E-state index contributed by atoms with van der Waals surface area (Å²) in [6.07, 6.45) is -2.80. The number of benzene rings is 2. The van der Waals surface area contributed by atoms with Gasteiger partial charge in [-0.2, -0.15) is 18.3 Å². The van der Waals surface area contributed by atoms with E-state index in [2.05, 4.69) is 15.3 Å². The van der Waals surface area contributed by atoms with E-state index in [-0.39, 0.29) is 23.3 Å². The Kier molecular flexibility index (Phi) is 7.77. The zero-order chi connectivity index (χ0) is 27.7. The Balaban J connectivity index is 1.19. The standard InChI is InChI=1S/C28H31ClF3N5O2/c1-18-8-9-21(12-23(18)29)33-10-5-11-35-14-19-16-36(17-20(19)15-35)27(38)22-13-34-37(26(22)28(30,31)32)24-6-3-4-7-25(24)39-2/h3-4,6-9,12-13,19-20,33H,5,10-11,14-17H2,1-2H3. The van der Waals surface area contributed by atoms with Gasteiger partial charge >= 0.3 is 6.18 Å². The number of likely N-dealkylation sites (tertiary alicyclic amines) is 2. The summed E-state index contributed by atoms with van der Waals surface area (Å²) in [5.74, 6) is 0.0944. The van der Waals surface area contributed by atoms with E-state index >= 15 is 0 Å². The van der Waals surface area contributed by atoms with Gasteiger partial charge in [-0.25, -0.2) is 4.68 Å². The number of hydrogen-bond donors (Lipinski definition) is 1. The van der Waals surface area contributed by atoms with Crippen molar-refractivity contribution < 1.29 is 22.7 Å². The Labute approximate surface area is 230 Å². The van der Waals surface area contributed by atoms with Crippen molar-refractivity contribution in [3.63, 3.8) is 0 Å². The fraction of sp³-hybridized carbons (Fsp3) is 0.429. The number of para-hydroxylation sites is 2. The molecule has 1 N–H and O–H groups in total. The number of nitrogens with zero attached hydrogens (tertiary/aromatic N) is 4. The van der Waals surface area contributed by atoms with Crippen molar-refractivity contribution in [2.75, 3.05) is 51.7 Å². The number of aromatic nitrogens is 2. The van der Waals surface area contributed by atoms with Gasteiger partial charge in [0, 0.05) is 43.4 Å². The quantitative estimate of drug-likeness (QED) is 0.375. The Morgan fingerprint density at radius 2 is 1.85 bits per heavy atom. The molecular formula is C28H31ClF3N5O2. The molecule has 3 aromatic rings. The Hall–Kier alpha value is -3.24. The molecular weight excluding hydrogens is 531 g/mol. The van der Waals surface area contributed by atoms with Crippen LogP contribution in [0.15, 0.2) is 48.7 Å². The van der Waals surface area contributed by atoms with Crippen LogP contribution >= 0.6 is 11.6 Å². The van der Waals surface area contributed by atoms with E-state index in [1.807, 2.05) is 25.1 Å². The fourth-order valence-corrected chi connectivity index (χ4v) is 5.79. The molecule has 0 radical (unpaired) electrons. The molecule has 0 bridgehead atoms. The highest BCUT2D eigenvalue weighted by molar-refractivity contribution is 6.31. The summed E-state index contributed by atoms with van der Waals surface area (Å²) in [5, 5.41) is 8.09. The lowest BCUT2D eigenvalue weighted by Gasteiger charge is -2.22. The summed E-state index contributed by atoms with van der Waals surface area (Å²) in [6.45, 7) is 6.24. The number of halogens is 4. The van der Waals surface area contributed by atoms with Crippen LogP contribution in [0.2, 0.25) is 5.02 Å². The summed E-state index contributed by atoms with van der Waals surface area (Å²) in [6, 6.07) is 12.2. The summed E-state index contributed by atoms with van der Waals surface area (Å²) in [4.78, 5) is 17.3. The highest BCUT2D eigenvalue weighted by atomic mass is 35.5. The number of anilines is 1. The van der Waals surface area contributed by atoms with Crippen LogP contribution in [0.25, 0.3) is 5.69 Å². The predicted molar refractivity (Wildman–Crippen MR) is 144 cm³/mol. The average molecular weight is 562 g/mol. The van der Waals surface area contributed by atoms with Crippen molar-refractivity contribution in [2.45, 2.75) is 19.5 Å². The number of fused-ring (bicyclic) bond motifs is 1. The van der Waals surface area contributed by atoms with Crippen molar-refractivity contribution in [1.29, 1.82) is 0 Å². The van der Waals surface area contributed by atoms with Crippen LogP contribution in [0.5, 0.6) is 5.75 Å². The largest absolute Gasteiger partial charge is 0.494 e. The van der Waals surface area contributed by atoms with Gasteiger partial charge in [0.15, 0.2) is 5.69 Å². The van der Waals surface area contributed by atoms with Crippen LogP contribution in [0.3, 0.4) is 0 Å². The minimum atomic E-state index is -4.77. The minimum Gasteiger partial charge on any atom is -0.494 e. The summed E-state index contributed by atoms with van der Waals surface area (Å²) in [7, 11) is 1.38. The highest BCUT2D eigenvalue weighted by Crippen LogP contribution is 2.38. The van der Waals surface area contributed by atoms with Crippen LogP contribution in [0, 0.1) is 18.8 Å². The summed E-state index contributed by atoms with van der Waals surface area (Å²) in [5.41, 5.74) is 0.634. The molecule has 7 nitrogen and oxygen atoms in total. The predicted octanol–water partition coefficient (Wildman–Crippen LogP) is 5.37. The van der Waals surface area contributed by atoms with E-state index in [0.29, 0.717) is 13.1 Å². The van der Waals surface area contributed by atoms with Gasteiger partial charge in [0.05, 0.1) is 18.9 Å². The number of carbonyl (C=O) groups excluding carboxylic acids is 1. The number of methoxy groups -OCH3 is 1. The lowest BCUT2D eigenvalue weighted by molar-refractivity contribution is -0.143. The Bertz CT molecular complexity index is 1330. The van der Waals surface area contributed by atoms with Gasteiger partial charge in [0.1, 0.15) is 11.4 Å². The topological polar surface area (TPSA) is 62.6 Å². The SMILES string of the molecule is COc1ccccc1-n1ncc(C(=O)N2CC3CN(CCCNc4ccc(C)c(Cl)c4)CC3C2)c1C(F)(F)F. The normalized spacial score (nSPS) is 19.4. The number of aryl methyl sites for hydroxylation is 1. The minimum absolute atomic E-state index is 0.125. The van der Waals surface area contributed by atoms with Crippen molar-refractivity contribution in [2.24, 2.45) is 11.8 Å². The maximum absolute atomic E-state index is 14.2. The fourth-order valence-electron chi connectivity index (χ4n) is 5.61. The first kappa shape index (κ1) is 27.3. The molecule has 0 spiro atoms. The van der Waals surface area contributed by atoms with Gasteiger partial charge < -0.3 is 19.9 Å².